The zero-order chi connectivity index (χ0) is 48.1. The van der Waals surface area contributed by atoms with Crippen LogP contribution in [0.5, 0.6) is 0 Å². The van der Waals surface area contributed by atoms with Crippen molar-refractivity contribution in [3.05, 3.63) is 279 Å². The number of rotatable bonds is 11. The summed E-state index contributed by atoms with van der Waals surface area (Å²) in [6.45, 7) is 0. The molecule has 2 aromatic heterocycles. The van der Waals surface area contributed by atoms with Gasteiger partial charge in [-0.2, -0.15) is 0 Å². The van der Waals surface area contributed by atoms with Crippen LogP contribution < -0.4 is 0 Å². The smallest absolute Gasteiger partial charge is 0.164 e. The number of nitrogens with zero attached hydrogens (tertiary/aromatic N) is 4. The van der Waals surface area contributed by atoms with Crippen LogP contribution in [0.1, 0.15) is 0 Å². The minimum Gasteiger partial charge on any atom is -0.248 e. The Kier molecular flexibility index (Phi) is 12.0. The molecule has 0 saturated carbocycles. The molecule has 72 heavy (non-hydrogen) atoms. The Morgan fingerprint density at radius 2 is 0.333 bits per heavy atom. The highest BCUT2D eigenvalue weighted by Crippen LogP contribution is 2.39. The lowest BCUT2D eigenvalue weighted by Gasteiger charge is -2.15. The summed E-state index contributed by atoms with van der Waals surface area (Å²) >= 11 is 0. The average molecular weight is 919 g/mol. The van der Waals surface area contributed by atoms with E-state index in [1.165, 1.54) is 11.1 Å². The van der Waals surface area contributed by atoms with Crippen molar-refractivity contribution >= 4 is 0 Å². The number of aromatic nitrogens is 4. The maximum atomic E-state index is 5.23. The van der Waals surface area contributed by atoms with Crippen molar-refractivity contribution in [2.45, 2.75) is 0 Å². The standard InChI is InChI=1S/C68H46N4/c1-7-19-47(20-8-1)57-39-58(48-21-9-2-10-22-48)42-61(41-57)62-43-59(50-31-35-53(36-32-50)65-46-63(49-23-11-3-12-24-49)45-64(69-65)52-25-13-4-14-26-52)40-60(44-62)51-33-37-56(38-34-51)68-71-66(54-27-15-5-16-28-54)70-67(72-68)55-29-17-6-18-30-55/h1-46H. The van der Waals surface area contributed by atoms with Gasteiger partial charge in [-0.3, -0.25) is 0 Å². The van der Waals surface area contributed by atoms with Crippen LogP contribution in [0.3, 0.4) is 0 Å². The van der Waals surface area contributed by atoms with Gasteiger partial charge in [-0.15, -0.1) is 0 Å². The van der Waals surface area contributed by atoms with Gasteiger partial charge in [0.1, 0.15) is 0 Å². The minimum atomic E-state index is 0.620. The third-order valence-electron chi connectivity index (χ3n) is 13.1. The van der Waals surface area contributed by atoms with Crippen LogP contribution in [-0.2, 0) is 0 Å². The summed E-state index contributed by atoms with van der Waals surface area (Å²) in [5, 5.41) is 0. The van der Waals surface area contributed by atoms with Gasteiger partial charge in [-0.05, 0) is 115 Å². The molecule has 0 spiro atoms. The van der Waals surface area contributed by atoms with Crippen LogP contribution in [0.15, 0.2) is 279 Å². The third-order valence-corrected chi connectivity index (χ3v) is 13.1. The highest BCUT2D eigenvalue weighted by molar-refractivity contribution is 5.87. The van der Waals surface area contributed by atoms with Crippen molar-refractivity contribution in [1.29, 1.82) is 0 Å². The normalized spacial score (nSPS) is 11.1. The molecule has 4 heteroatoms. The van der Waals surface area contributed by atoms with Crippen LogP contribution >= 0.6 is 0 Å². The first-order valence-corrected chi connectivity index (χ1v) is 24.3. The third kappa shape index (κ3) is 9.41. The lowest BCUT2D eigenvalue weighted by molar-refractivity contribution is 1.07. The van der Waals surface area contributed by atoms with Crippen molar-refractivity contribution < 1.29 is 0 Å². The first-order valence-electron chi connectivity index (χ1n) is 24.3. The maximum absolute atomic E-state index is 5.23. The van der Waals surface area contributed by atoms with Gasteiger partial charge in [0, 0.05) is 27.8 Å². The zero-order valence-electron chi connectivity index (χ0n) is 39.3. The number of hydrogen-bond donors (Lipinski definition) is 0. The van der Waals surface area contributed by atoms with Crippen LogP contribution in [0.4, 0.5) is 0 Å². The fourth-order valence-electron chi connectivity index (χ4n) is 9.33. The van der Waals surface area contributed by atoms with Crippen molar-refractivity contribution in [3.63, 3.8) is 0 Å². The Morgan fingerprint density at radius 1 is 0.139 bits per heavy atom. The van der Waals surface area contributed by atoms with E-state index in [0.717, 1.165) is 94.8 Å². The molecule has 0 N–H and O–H groups in total. The molecule has 0 aliphatic rings. The van der Waals surface area contributed by atoms with E-state index < -0.39 is 0 Å². The van der Waals surface area contributed by atoms with E-state index in [4.69, 9.17) is 19.9 Å². The Hall–Kier alpha value is -9.64. The second kappa shape index (κ2) is 19.8. The average Bonchev–Trinajstić information content (AvgIpc) is 3.48. The van der Waals surface area contributed by atoms with Gasteiger partial charge in [0.2, 0.25) is 0 Å². The highest BCUT2D eigenvalue weighted by Gasteiger charge is 2.16. The highest BCUT2D eigenvalue weighted by atomic mass is 15.0. The molecule has 0 aliphatic carbocycles. The summed E-state index contributed by atoms with van der Waals surface area (Å²) in [6.07, 6.45) is 0. The predicted octanol–water partition coefficient (Wildman–Crippen LogP) is 17.6. The van der Waals surface area contributed by atoms with E-state index >= 15 is 0 Å². The Balaban J connectivity index is 0.975. The van der Waals surface area contributed by atoms with E-state index in [0.29, 0.717) is 17.5 Å². The first-order chi connectivity index (χ1) is 35.6. The summed E-state index contributed by atoms with van der Waals surface area (Å²) in [6, 6.07) is 98.2. The van der Waals surface area contributed by atoms with E-state index in [1.54, 1.807) is 0 Å². The van der Waals surface area contributed by atoms with Gasteiger partial charge < -0.3 is 0 Å². The Morgan fingerprint density at radius 3 is 0.653 bits per heavy atom. The quantitative estimate of drug-likeness (QED) is 0.130. The second-order valence-electron chi connectivity index (χ2n) is 17.9. The molecule has 0 unspecified atom stereocenters. The molecule has 12 aromatic rings. The molecule has 4 nitrogen and oxygen atoms in total. The maximum Gasteiger partial charge on any atom is 0.164 e. The van der Waals surface area contributed by atoms with Crippen molar-refractivity contribution in [1.82, 2.24) is 19.9 Å². The van der Waals surface area contributed by atoms with E-state index in [-0.39, 0.29) is 0 Å². The molecule has 0 atom stereocenters. The van der Waals surface area contributed by atoms with Crippen LogP contribution in [0, 0.1) is 0 Å². The SMILES string of the molecule is c1ccc(-c2cc(-c3ccccc3)cc(-c3cc(-c4ccc(-c5cc(-c6ccccc6)cc(-c6ccccc6)n5)cc4)cc(-c4ccc(-c5nc(-c6ccccc6)nc(-c6ccccc6)n5)cc4)c3)c2)cc1. The number of benzene rings is 10. The van der Waals surface area contributed by atoms with Gasteiger partial charge in [0.05, 0.1) is 11.4 Å². The molecule has 2 heterocycles. The van der Waals surface area contributed by atoms with Gasteiger partial charge in [0.15, 0.2) is 17.5 Å². The fraction of sp³-hybridized carbons (Fsp3) is 0. The monoisotopic (exact) mass is 918 g/mol. The zero-order valence-corrected chi connectivity index (χ0v) is 39.3. The minimum absolute atomic E-state index is 0.620. The molecular formula is C68H46N4. The topological polar surface area (TPSA) is 51.6 Å². The van der Waals surface area contributed by atoms with E-state index in [2.05, 4.69) is 212 Å². The molecule has 338 valence electrons. The molecule has 0 fully saturated rings. The molecule has 0 saturated heterocycles. The van der Waals surface area contributed by atoms with Crippen LogP contribution in [0.2, 0.25) is 0 Å². The molecule has 0 amide bonds. The lowest BCUT2D eigenvalue weighted by atomic mass is 9.89. The molecular weight excluding hydrogens is 873 g/mol. The van der Waals surface area contributed by atoms with Gasteiger partial charge in [-0.25, -0.2) is 19.9 Å². The molecule has 0 aliphatic heterocycles. The Bertz CT molecular complexity index is 3430. The molecule has 0 bridgehead atoms. The van der Waals surface area contributed by atoms with Crippen LogP contribution in [-0.4, -0.2) is 19.9 Å². The van der Waals surface area contributed by atoms with Crippen LogP contribution in [0.25, 0.3) is 123 Å². The summed E-state index contributed by atoms with van der Waals surface area (Å²) in [5.41, 5.74) is 20.4. The molecule has 12 rings (SSSR count). The van der Waals surface area contributed by atoms with Gasteiger partial charge in [0.25, 0.3) is 0 Å². The van der Waals surface area contributed by atoms with E-state index in [9.17, 15) is 0 Å². The summed E-state index contributed by atoms with van der Waals surface area (Å²) in [7, 11) is 0. The largest absolute Gasteiger partial charge is 0.248 e. The summed E-state index contributed by atoms with van der Waals surface area (Å²) in [5.74, 6) is 1.89. The van der Waals surface area contributed by atoms with Gasteiger partial charge in [-0.1, -0.05) is 231 Å². The first kappa shape index (κ1) is 43.6. The number of pyridine rings is 1. The fourth-order valence-corrected chi connectivity index (χ4v) is 9.33. The van der Waals surface area contributed by atoms with Crippen molar-refractivity contribution in [3.8, 4) is 123 Å². The summed E-state index contributed by atoms with van der Waals surface area (Å²) in [4.78, 5) is 20.2. The predicted molar refractivity (Wildman–Crippen MR) is 297 cm³/mol. The second-order valence-corrected chi connectivity index (χ2v) is 17.9. The summed E-state index contributed by atoms with van der Waals surface area (Å²) < 4.78 is 0. The molecule has 10 aromatic carbocycles. The number of hydrogen-bond acceptors (Lipinski definition) is 4. The lowest BCUT2D eigenvalue weighted by Crippen LogP contribution is -2.00. The van der Waals surface area contributed by atoms with Crippen molar-refractivity contribution in [2.24, 2.45) is 0 Å². The molecule has 0 radical (unpaired) electrons. The van der Waals surface area contributed by atoms with E-state index in [1.807, 2.05) is 66.7 Å². The van der Waals surface area contributed by atoms with Crippen molar-refractivity contribution in [2.75, 3.05) is 0 Å². The Labute approximate surface area is 420 Å². The van der Waals surface area contributed by atoms with Gasteiger partial charge >= 0.3 is 0 Å².